The molecule has 0 fully saturated rings. The summed E-state index contributed by atoms with van der Waals surface area (Å²) in [5.41, 5.74) is 0.838. The van der Waals surface area contributed by atoms with E-state index in [4.69, 9.17) is 5.26 Å². The summed E-state index contributed by atoms with van der Waals surface area (Å²) < 4.78 is 0. The van der Waals surface area contributed by atoms with Gasteiger partial charge < -0.3 is 15.3 Å². The van der Waals surface area contributed by atoms with Crippen LogP contribution in [0.5, 0.6) is 0 Å². The Hall–Kier alpha value is -2.55. The van der Waals surface area contributed by atoms with Gasteiger partial charge in [0.1, 0.15) is 6.04 Å². The van der Waals surface area contributed by atoms with Crippen LogP contribution in [0.3, 0.4) is 0 Å². The smallest absolute Gasteiger partial charge is 0.326 e. The van der Waals surface area contributed by atoms with E-state index >= 15 is 0 Å². The zero-order chi connectivity index (χ0) is 15.7. The number of hydrogen-bond acceptors (Lipinski definition) is 3. The molecule has 21 heavy (non-hydrogen) atoms. The lowest BCUT2D eigenvalue weighted by molar-refractivity contribution is -0.139. The van der Waals surface area contributed by atoms with E-state index in [9.17, 15) is 14.7 Å². The Labute approximate surface area is 124 Å². The Balaban J connectivity index is 2.67. The average Bonchev–Trinajstić information content (AvgIpc) is 2.48. The highest BCUT2D eigenvalue weighted by molar-refractivity contribution is 5.82. The quantitative estimate of drug-likeness (QED) is 0.797. The number of benzene rings is 1. The fourth-order valence-corrected chi connectivity index (χ4v) is 1.88. The standard InChI is InChI=1S/C15H19N3O3/c1-2-18(10-6-9-16)15(21)17-13(14(19)20)11-12-7-4-3-5-8-12/h3-5,7-8,13H,2,6,10-11H2,1H3,(H,17,21)(H,19,20)/t13-/m1/s1. The molecule has 0 aromatic heterocycles. The average molecular weight is 289 g/mol. The van der Waals surface area contributed by atoms with E-state index in [-0.39, 0.29) is 19.4 Å². The highest BCUT2D eigenvalue weighted by Crippen LogP contribution is 2.04. The molecule has 0 aliphatic carbocycles. The van der Waals surface area contributed by atoms with Crippen LogP contribution in [0.25, 0.3) is 0 Å². The lowest BCUT2D eigenvalue weighted by Gasteiger charge is -2.23. The summed E-state index contributed by atoms with van der Waals surface area (Å²) in [7, 11) is 0. The molecule has 6 heteroatoms. The van der Waals surface area contributed by atoms with E-state index in [0.717, 1.165) is 5.56 Å². The van der Waals surface area contributed by atoms with Crippen LogP contribution in [0.2, 0.25) is 0 Å². The maximum Gasteiger partial charge on any atom is 0.326 e. The lowest BCUT2D eigenvalue weighted by Crippen LogP contribution is -2.49. The third-order valence-electron chi connectivity index (χ3n) is 3.04. The van der Waals surface area contributed by atoms with Crippen LogP contribution in [0.15, 0.2) is 30.3 Å². The maximum absolute atomic E-state index is 12.0. The number of amides is 2. The van der Waals surface area contributed by atoms with Gasteiger partial charge in [-0.1, -0.05) is 30.3 Å². The summed E-state index contributed by atoms with van der Waals surface area (Å²) in [4.78, 5) is 24.7. The molecular weight excluding hydrogens is 270 g/mol. The molecule has 0 radical (unpaired) electrons. The largest absolute Gasteiger partial charge is 0.480 e. The van der Waals surface area contributed by atoms with E-state index < -0.39 is 18.0 Å². The van der Waals surface area contributed by atoms with Gasteiger partial charge in [0, 0.05) is 19.5 Å². The van der Waals surface area contributed by atoms with Gasteiger partial charge in [0.2, 0.25) is 0 Å². The number of carboxylic acid groups (broad SMARTS) is 1. The summed E-state index contributed by atoms with van der Waals surface area (Å²) in [6, 6.07) is 9.63. The first-order valence-corrected chi connectivity index (χ1v) is 6.77. The summed E-state index contributed by atoms with van der Waals surface area (Å²) >= 11 is 0. The zero-order valence-corrected chi connectivity index (χ0v) is 12.0. The van der Waals surface area contributed by atoms with E-state index in [0.29, 0.717) is 6.54 Å². The maximum atomic E-state index is 12.0. The van der Waals surface area contributed by atoms with Crippen molar-refractivity contribution >= 4 is 12.0 Å². The van der Waals surface area contributed by atoms with E-state index in [1.54, 1.807) is 6.92 Å². The van der Waals surface area contributed by atoms with E-state index in [1.807, 2.05) is 36.4 Å². The fraction of sp³-hybridized carbons (Fsp3) is 0.400. The second kappa shape index (κ2) is 8.59. The first-order valence-electron chi connectivity index (χ1n) is 6.77. The Morgan fingerprint density at radius 2 is 2.05 bits per heavy atom. The Kier molecular flexibility index (Phi) is 6.75. The molecular formula is C15H19N3O3. The summed E-state index contributed by atoms with van der Waals surface area (Å²) in [6.45, 7) is 2.49. The molecule has 1 atom stereocenters. The number of urea groups is 1. The molecule has 6 nitrogen and oxygen atoms in total. The van der Waals surface area contributed by atoms with E-state index in [2.05, 4.69) is 5.32 Å². The lowest BCUT2D eigenvalue weighted by atomic mass is 10.1. The molecule has 1 aromatic rings. The third kappa shape index (κ3) is 5.53. The van der Waals surface area contributed by atoms with Crippen molar-refractivity contribution in [2.45, 2.75) is 25.8 Å². The molecule has 0 aliphatic heterocycles. The van der Waals surface area contributed by atoms with Gasteiger partial charge in [-0.2, -0.15) is 5.26 Å². The number of nitriles is 1. The minimum atomic E-state index is -1.08. The van der Waals surface area contributed by atoms with Gasteiger partial charge in [-0.25, -0.2) is 9.59 Å². The Bertz CT molecular complexity index is 511. The zero-order valence-electron chi connectivity index (χ0n) is 12.0. The Morgan fingerprint density at radius 3 is 2.57 bits per heavy atom. The first-order chi connectivity index (χ1) is 10.1. The third-order valence-corrected chi connectivity index (χ3v) is 3.04. The number of aliphatic carboxylic acids is 1. The molecule has 0 bridgehead atoms. The molecule has 0 spiro atoms. The number of carbonyl (C=O) groups excluding carboxylic acids is 1. The van der Waals surface area contributed by atoms with Crippen LogP contribution in [0.1, 0.15) is 18.9 Å². The second-order valence-electron chi connectivity index (χ2n) is 4.52. The molecule has 2 amide bonds. The molecule has 2 N–H and O–H groups in total. The van der Waals surface area contributed by atoms with Crippen LogP contribution in [0, 0.1) is 11.3 Å². The molecule has 0 heterocycles. The van der Waals surface area contributed by atoms with Crippen molar-refractivity contribution in [3.63, 3.8) is 0 Å². The molecule has 0 saturated heterocycles. The van der Waals surface area contributed by atoms with Gasteiger partial charge in [-0.05, 0) is 12.5 Å². The van der Waals surface area contributed by atoms with Gasteiger partial charge in [0.05, 0.1) is 12.5 Å². The minimum Gasteiger partial charge on any atom is -0.480 e. The fourth-order valence-electron chi connectivity index (χ4n) is 1.88. The van der Waals surface area contributed by atoms with Crippen molar-refractivity contribution in [2.75, 3.05) is 13.1 Å². The minimum absolute atomic E-state index is 0.220. The molecule has 0 unspecified atom stereocenters. The van der Waals surface area contributed by atoms with Crippen LogP contribution >= 0.6 is 0 Å². The highest BCUT2D eigenvalue weighted by Gasteiger charge is 2.22. The Morgan fingerprint density at radius 1 is 1.38 bits per heavy atom. The topological polar surface area (TPSA) is 93.4 Å². The number of nitrogens with one attached hydrogen (secondary N) is 1. The predicted octanol–water partition coefficient (Wildman–Crippen LogP) is 1.63. The van der Waals surface area contributed by atoms with E-state index in [1.165, 1.54) is 4.90 Å². The number of hydrogen-bond donors (Lipinski definition) is 2. The highest BCUT2D eigenvalue weighted by atomic mass is 16.4. The number of carboxylic acids is 1. The van der Waals surface area contributed by atoms with Gasteiger partial charge in [0.15, 0.2) is 0 Å². The van der Waals surface area contributed by atoms with Gasteiger partial charge >= 0.3 is 12.0 Å². The molecule has 0 saturated carbocycles. The summed E-state index contributed by atoms with van der Waals surface area (Å²) in [5.74, 6) is -1.08. The predicted molar refractivity (Wildman–Crippen MR) is 77.6 cm³/mol. The normalized spacial score (nSPS) is 11.2. The number of nitrogens with zero attached hydrogens (tertiary/aromatic N) is 2. The van der Waals surface area contributed by atoms with Crippen LogP contribution in [0.4, 0.5) is 4.79 Å². The molecule has 0 aliphatic rings. The van der Waals surface area contributed by atoms with Crippen molar-refractivity contribution < 1.29 is 14.7 Å². The number of carbonyl (C=O) groups is 2. The van der Waals surface area contributed by atoms with Crippen molar-refractivity contribution in [3.05, 3.63) is 35.9 Å². The summed E-state index contributed by atoms with van der Waals surface area (Å²) in [6.07, 6.45) is 0.440. The van der Waals surface area contributed by atoms with Gasteiger partial charge in [-0.3, -0.25) is 0 Å². The van der Waals surface area contributed by atoms with Crippen molar-refractivity contribution in [2.24, 2.45) is 0 Å². The molecule has 112 valence electrons. The second-order valence-corrected chi connectivity index (χ2v) is 4.52. The van der Waals surface area contributed by atoms with Crippen LogP contribution in [-0.2, 0) is 11.2 Å². The summed E-state index contributed by atoms with van der Waals surface area (Å²) in [5, 5.41) is 20.3. The SMILES string of the molecule is CCN(CCC#N)C(=O)N[C@H](Cc1ccccc1)C(=O)O. The monoisotopic (exact) mass is 289 g/mol. The van der Waals surface area contributed by atoms with Crippen LogP contribution < -0.4 is 5.32 Å². The first kappa shape index (κ1) is 16.5. The number of rotatable bonds is 7. The van der Waals surface area contributed by atoms with Crippen molar-refractivity contribution in [3.8, 4) is 6.07 Å². The van der Waals surface area contributed by atoms with Gasteiger partial charge in [-0.15, -0.1) is 0 Å². The van der Waals surface area contributed by atoms with Crippen molar-refractivity contribution in [1.82, 2.24) is 10.2 Å². The molecule has 1 rings (SSSR count). The van der Waals surface area contributed by atoms with Crippen molar-refractivity contribution in [1.29, 1.82) is 5.26 Å². The van der Waals surface area contributed by atoms with Gasteiger partial charge in [0.25, 0.3) is 0 Å². The van der Waals surface area contributed by atoms with Crippen LogP contribution in [-0.4, -0.2) is 41.1 Å². The molecule has 1 aromatic carbocycles.